The number of rotatable bonds is 0. The standard InChI is InChI=1S/C2H4O.Mg.Nb.2H/c1-2-3;;;;/h2H,1H3;;;;/q;+2;;2*-1. The van der Waals surface area contributed by atoms with E-state index in [0.29, 0.717) is 0 Å². The largest absolute Gasteiger partial charge is 2.00 e. The van der Waals surface area contributed by atoms with Crippen molar-refractivity contribution in [3.63, 3.8) is 0 Å². The minimum atomic E-state index is 0. The van der Waals surface area contributed by atoms with E-state index in [2.05, 4.69) is 0 Å². The molecule has 0 aliphatic heterocycles. The molecule has 0 saturated heterocycles. The van der Waals surface area contributed by atoms with Crippen molar-refractivity contribution in [1.29, 1.82) is 0 Å². The van der Waals surface area contributed by atoms with Gasteiger partial charge in [-0.3, -0.25) is 0 Å². The van der Waals surface area contributed by atoms with Gasteiger partial charge >= 0.3 is 23.1 Å². The first-order chi connectivity index (χ1) is 1.41. The van der Waals surface area contributed by atoms with Crippen LogP contribution in [0.3, 0.4) is 0 Å². The number of carbonyl (C=O) groups excluding carboxylic acids is 1. The fraction of sp³-hybridized carbons (Fsp3) is 0.500. The smallest absolute Gasteiger partial charge is 1.00 e. The van der Waals surface area contributed by atoms with Crippen LogP contribution in [0.25, 0.3) is 0 Å². The van der Waals surface area contributed by atoms with Crippen molar-refractivity contribution in [3.8, 4) is 0 Å². The van der Waals surface area contributed by atoms with Crippen LogP contribution in [0.1, 0.15) is 9.78 Å². The Hall–Kier alpha value is 1.18. The fourth-order valence-corrected chi connectivity index (χ4v) is 0. The monoisotopic (exact) mass is 163 g/mol. The molecule has 1 radical (unpaired) electrons. The first-order valence-corrected chi connectivity index (χ1v) is 0.813. The molecule has 0 aromatic heterocycles. The molecule has 0 spiro atoms. The predicted molar refractivity (Wildman–Crippen MR) is 19.7 cm³/mol. The molecular formula is C2H6MgNbO. The molecule has 0 N–H and O–H groups in total. The van der Waals surface area contributed by atoms with Gasteiger partial charge in [0.2, 0.25) is 0 Å². The zero-order valence-corrected chi connectivity index (χ0v) is 6.75. The zero-order chi connectivity index (χ0) is 2.71. The van der Waals surface area contributed by atoms with E-state index < -0.39 is 0 Å². The van der Waals surface area contributed by atoms with Gasteiger partial charge in [-0.2, -0.15) is 0 Å². The third-order valence-electron chi connectivity index (χ3n) is 0. The summed E-state index contributed by atoms with van der Waals surface area (Å²) in [6, 6.07) is 0. The molecule has 27 valence electrons. The second-order valence-electron chi connectivity index (χ2n) is 0.236. The Morgan fingerprint density at radius 2 is 1.80 bits per heavy atom. The first kappa shape index (κ1) is 16.4. The maximum absolute atomic E-state index is 8.81. The van der Waals surface area contributed by atoms with E-state index in [1.165, 1.54) is 6.92 Å². The van der Waals surface area contributed by atoms with Crippen molar-refractivity contribution in [2.45, 2.75) is 6.92 Å². The second kappa shape index (κ2) is 19.1. The van der Waals surface area contributed by atoms with Gasteiger partial charge in [-0.25, -0.2) is 0 Å². The van der Waals surface area contributed by atoms with Gasteiger partial charge in [0.25, 0.3) is 0 Å². The molecular weight excluding hydrogens is 157 g/mol. The number of hydrogen-bond donors (Lipinski definition) is 0. The van der Waals surface area contributed by atoms with Crippen LogP contribution in [0.4, 0.5) is 0 Å². The molecule has 0 aliphatic rings. The average molecular weight is 163 g/mol. The van der Waals surface area contributed by atoms with Gasteiger partial charge in [-0.1, -0.05) is 0 Å². The van der Waals surface area contributed by atoms with E-state index in [1.807, 2.05) is 0 Å². The number of carbonyl (C=O) groups is 1. The molecule has 1 nitrogen and oxygen atoms in total. The summed E-state index contributed by atoms with van der Waals surface area (Å²) in [7, 11) is 0. The van der Waals surface area contributed by atoms with Crippen LogP contribution in [0.2, 0.25) is 0 Å². The molecule has 0 atom stereocenters. The summed E-state index contributed by atoms with van der Waals surface area (Å²) in [5, 5.41) is 0. The molecule has 0 saturated carbocycles. The van der Waals surface area contributed by atoms with E-state index in [1.54, 1.807) is 0 Å². The summed E-state index contributed by atoms with van der Waals surface area (Å²) in [6.07, 6.45) is 0.750. The van der Waals surface area contributed by atoms with Gasteiger partial charge in [0.05, 0.1) is 0 Å². The molecule has 0 amide bonds. The van der Waals surface area contributed by atoms with Crippen molar-refractivity contribution in [3.05, 3.63) is 0 Å². The van der Waals surface area contributed by atoms with Gasteiger partial charge < -0.3 is 7.65 Å². The summed E-state index contributed by atoms with van der Waals surface area (Å²) in [5.74, 6) is 0. The van der Waals surface area contributed by atoms with Crippen molar-refractivity contribution in [2.75, 3.05) is 0 Å². The fourth-order valence-electron chi connectivity index (χ4n) is 0. The molecule has 0 fully saturated rings. The van der Waals surface area contributed by atoms with Crippen LogP contribution in [0.5, 0.6) is 0 Å². The van der Waals surface area contributed by atoms with E-state index >= 15 is 0 Å². The second-order valence-corrected chi connectivity index (χ2v) is 0.236. The molecule has 0 bridgehead atoms. The quantitative estimate of drug-likeness (QED) is 0.364. The van der Waals surface area contributed by atoms with Crippen LogP contribution in [-0.2, 0) is 27.2 Å². The zero-order valence-electron chi connectivity index (χ0n) is 5.14. The Morgan fingerprint density at radius 1 is 1.80 bits per heavy atom. The van der Waals surface area contributed by atoms with E-state index in [4.69, 9.17) is 4.79 Å². The maximum atomic E-state index is 8.81. The number of aldehydes is 1. The van der Waals surface area contributed by atoms with Gasteiger partial charge in [-0.05, 0) is 6.92 Å². The third-order valence-corrected chi connectivity index (χ3v) is 0. The van der Waals surface area contributed by atoms with Crippen molar-refractivity contribution in [2.24, 2.45) is 0 Å². The van der Waals surface area contributed by atoms with E-state index in [-0.39, 0.29) is 48.3 Å². The Morgan fingerprint density at radius 3 is 1.80 bits per heavy atom. The predicted octanol–water partition coefficient (Wildman–Crippen LogP) is 0.0469. The Balaban J connectivity index is -0.00000000333. The SMILES string of the molecule is CC=O.[H-].[H-].[Mg+2].[Nb]. The minimum Gasteiger partial charge on any atom is -1.00 e. The molecule has 0 unspecified atom stereocenters. The molecule has 0 heterocycles. The average Bonchev–Trinajstić information content (AvgIpc) is 0.918. The summed E-state index contributed by atoms with van der Waals surface area (Å²) in [5.41, 5.74) is 0. The molecule has 0 aromatic carbocycles. The van der Waals surface area contributed by atoms with E-state index in [0.717, 1.165) is 6.29 Å². The topological polar surface area (TPSA) is 17.1 Å². The molecule has 0 aromatic rings. The van der Waals surface area contributed by atoms with Gasteiger partial charge in [0, 0.05) is 22.4 Å². The maximum Gasteiger partial charge on any atom is 2.00 e. The van der Waals surface area contributed by atoms with Gasteiger partial charge in [0.1, 0.15) is 6.29 Å². The van der Waals surface area contributed by atoms with Crippen LogP contribution in [0.15, 0.2) is 0 Å². The van der Waals surface area contributed by atoms with Crippen molar-refractivity contribution < 1.29 is 30.0 Å². The third kappa shape index (κ3) is 37.7. The Bertz CT molecular complexity index is 23.2. The summed E-state index contributed by atoms with van der Waals surface area (Å²) >= 11 is 0. The van der Waals surface area contributed by atoms with Crippen molar-refractivity contribution >= 4 is 29.3 Å². The molecule has 0 rings (SSSR count). The molecule has 5 heavy (non-hydrogen) atoms. The summed E-state index contributed by atoms with van der Waals surface area (Å²) < 4.78 is 0. The van der Waals surface area contributed by atoms with Crippen LogP contribution < -0.4 is 0 Å². The van der Waals surface area contributed by atoms with Crippen LogP contribution >= 0.6 is 0 Å². The minimum absolute atomic E-state index is 0. The summed E-state index contributed by atoms with van der Waals surface area (Å²) in [4.78, 5) is 8.81. The van der Waals surface area contributed by atoms with Crippen molar-refractivity contribution in [1.82, 2.24) is 0 Å². The normalized spacial score (nSPS) is 2.60. The van der Waals surface area contributed by atoms with Gasteiger partial charge in [-0.15, -0.1) is 0 Å². The van der Waals surface area contributed by atoms with Gasteiger partial charge in [0.15, 0.2) is 0 Å². The van der Waals surface area contributed by atoms with Crippen LogP contribution in [-0.4, -0.2) is 29.3 Å². The van der Waals surface area contributed by atoms with E-state index in [9.17, 15) is 0 Å². The van der Waals surface area contributed by atoms with Crippen LogP contribution in [0, 0.1) is 0 Å². The molecule has 0 aliphatic carbocycles. The Kier molecular flexibility index (Phi) is 62.5. The first-order valence-electron chi connectivity index (χ1n) is 0.813. The number of hydrogen-bond acceptors (Lipinski definition) is 1. The molecule has 3 heteroatoms. The summed E-state index contributed by atoms with van der Waals surface area (Å²) in [6.45, 7) is 1.44. The Labute approximate surface area is 66.1 Å².